The molecule has 0 aliphatic heterocycles. The summed E-state index contributed by atoms with van der Waals surface area (Å²) in [6, 6.07) is 5.36. The Bertz CT molecular complexity index is 646. The Balaban J connectivity index is 2.16. The number of fused-ring (bicyclic) bond motifs is 1. The topological polar surface area (TPSA) is 79.3 Å². The van der Waals surface area contributed by atoms with E-state index < -0.39 is 11.9 Å². The van der Waals surface area contributed by atoms with Crippen LogP contribution < -0.4 is 5.32 Å². The molecule has 0 bridgehead atoms. The summed E-state index contributed by atoms with van der Waals surface area (Å²) in [4.78, 5) is 26.0. The van der Waals surface area contributed by atoms with Crippen molar-refractivity contribution in [2.45, 2.75) is 6.92 Å². The molecule has 6 heteroatoms. The van der Waals surface area contributed by atoms with E-state index in [1.54, 1.807) is 6.07 Å². The Labute approximate surface area is 107 Å². The van der Waals surface area contributed by atoms with Crippen LogP contribution in [0, 0.1) is 6.92 Å². The first-order valence-corrected chi connectivity index (χ1v) is 5.95. The van der Waals surface area contributed by atoms with E-state index >= 15 is 0 Å². The molecule has 1 amide bonds. The van der Waals surface area contributed by atoms with E-state index in [0.717, 1.165) is 27.4 Å². The second-order valence-corrected chi connectivity index (χ2v) is 4.81. The summed E-state index contributed by atoms with van der Waals surface area (Å²) in [5.74, 6) is -1.63. The lowest BCUT2D eigenvalue weighted by atomic mass is 10.3. The molecule has 2 aromatic rings. The van der Waals surface area contributed by atoms with Gasteiger partial charge in [0.15, 0.2) is 0 Å². The maximum absolute atomic E-state index is 11.4. The van der Waals surface area contributed by atoms with E-state index in [1.165, 1.54) is 11.3 Å². The number of aryl methyl sites for hydroxylation is 1. The minimum atomic E-state index is -1.15. The van der Waals surface area contributed by atoms with Crippen LogP contribution in [0.4, 0.5) is 5.69 Å². The Morgan fingerprint density at radius 2 is 2.17 bits per heavy atom. The molecule has 2 rings (SSSR count). The molecule has 0 saturated heterocycles. The number of anilines is 1. The first-order valence-electron chi connectivity index (χ1n) is 5.14. The number of carbonyl (C=O) groups is 2. The Hall–Kier alpha value is -2.21. The van der Waals surface area contributed by atoms with Gasteiger partial charge in [0.05, 0.1) is 15.2 Å². The van der Waals surface area contributed by atoms with Crippen molar-refractivity contribution in [2.75, 3.05) is 5.32 Å². The highest BCUT2D eigenvalue weighted by Crippen LogP contribution is 2.24. The lowest BCUT2D eigenvalue weighted by molar-refractivity contribution is -0.131. The van der Waals surface area contributed by atoms with Gasteiger partial charge in [-0.25, -0.2) is 9.78 Å². The van der Waals surface area contributed by atoms with Crippen molar-refractivity contribution in [3.63, 3.8) is 0 Å². The zero-order valence-electron chi connectivity index (χ0n) is 9.51. The van der Waals surface area contributed by atoms with E-state index in [0.29, 0.717) is 5.69 Å². The minimum absolute atomic E-state index is 0.474. The fraction of sp³-hybridized carbons (Fsp3) is 0.0833. The standard InChI is InChI=1S/C12H10N2O3S/c1-7-13-9-3-2-8(6-10(9)18-7)14-11(15)4-5-12(16)17/h2-6H,1H3,(H,14,15)(H,16,17)/b5-4+. The third kappa shape index (κ3) is 2.92. The predicted octanol–water partition coefficient (Wildman–Crippen LogP) is 2.18. The van der Waals surface area contributed by atoms with Gasteiger partial charge < -0.3 is 10.4 Å². The molecule has 5 nitrogen and oxygen atoms in total. The summed E-state index contributed by atoms with van der Waals surface area (Å²) in [6.07, 6.45) is 1.77. The highest BCUT2D eigenvalue weighted by molar-refractivity contribution is 7.18. The highest BCUT2D eigenvalue weighted by Gasteiger charge is 2.03. The maximum atomic E-state index is 11.4. The number of carbonyl (C=O) groups excluding carboxylic acids is 1. The molecule has 0 unspecified atom stereocenters. The first-order chi connectivity index (χ1) is 8.54. The molecule has 0 fully saturated rings. The summed E-state index contributed by atoms with van der Waals surface area (Å²) in [5.41, 5.74) is 1.50. The number of nitrogens with zero attached hydrogens (tertiary/aromatic N) is 1. The Morgan fingerprint density at radius 1 is 1.39 bits per heavy atom. The first kappa shape index (κ1) is 12.3. The molecular weight excluding hydrogens is 252 g/mol. The van der Waals surface area contributed by atoms with Crippen molar-refractivity contribution in [3.05, 3.63) is 35.4 Å². The number of hydrogen-bond acceptors (Lipinski definition) is 4. The molecule has 0 aliphatic rings. The molecule has 92 valence electrons. The van der Waals surface area contributed by atoms with Crippen LogP contribution in [0.15, 0.2) is 30.4 Å². The predicted molar refractivity (Wildman–Crippen MR) is 69.8 cm³/mol. The summed E-state index contributed by atoms with van der Waals surface area (Å²) >= 11 is 1.54. The van der Waals surface area contributed by atoms with Gasteiger partial charge in [-0.2, -0.15) is 0 Å². The molecule has 1 heterocycles. The number of carboxylic acids is 1. The quantitative estimate of drug-likeness (QED) is 0.831. The number of benzene rings is 1. The summed E-state index contributed by atoms with van der Waals surface area (Å²) < 4.78 is 0.979. The monoisotopic (exact) mass is 262 g/mol. The number of aromatic nitrogens is 1. The summed E-state index contributed by atoms with van der Waals surface area (Å²) in [6.45, 7) is 1.92. The van der Waals surface area contributed by atoms with Crippen LogP contribution in [-0.2, 0) is 9.59 Å². The zero-order chi connectivity index (χ0) is 13.1. The van der Waals surface area contributed by atoms with Gasteiger partial charge in [0.2, 0.25) is 5.91 Å². The van der Waals surface area contributed by atoms with Crippen LogP contribution in [0.25, 0.3) is 10.2 Å². The van der Waals surface area contributed by atoms with Gasteiger partial charge in [-0.15, -0.1) is 11.3 Å². The van der Waals surface area contributed by atoms with Gasteiger partial charge in [0, 0.05) is 17.8 Å². The van der Waals surface area contributed by atoms with Crippen LogP contribution in [-0.4, -0.2) is 22.0 Å². The lowest BCUT2D eigenvalue weighted by Gasteiger charge is -2.00. The summed E-state index contributed by atoms with van der Waals surface area (Å²) in [5, 5.41) is 11.9. The van der Waals surface area contributed by atoms with E-state index in [9.17, 15) is 9.59 Å². The smallest absolute Gasteiger partial charge is 0.328 e. The second-order valence-electron chi connectivity index (χ2n) is 3.58. The number of rotatable bonds is 3. The molecule has 2 N–H and O–H groups in total. The average molecular weight is 262 g/mol. The van der Waals surface area contributed by atoms with Gasteiger partial charge in [-0.1, -0.05) is 0 Å². The van der Waals surface area contributed by atoms with Crippen molar-refractivity contribution < 1.29 is 14.7 Å². The zero-order valence-corrected chi connectivity index (χ0v) is 10.3. The maximum Gasteiger partial charge on any atom is 0.328 e. The Morgan fingerprint density at radius 3 is 2.89 bits per heavy atom. The van der Waals surface area contributed by atoms with Crippen LogP contribution in [0.1, 0.15) is 5.01 Å². The fourth-order valence-corrected chi connectivity index (χ4v) is 2.31. The fourth-order valence-electron chi connectivity index (χ4n) is 1.45. The number of aliphatic carboxylic acids is 1. The average Bonchev–Trinajstić information content (AvgIpc) is 2.66. The van der Waals surface area contributed by atoms with Crippen molar-refractivity contribution in [2.24, 2.45) is 0 Å². The number of amides is 1. The third-order valence-electron chi connectivity index (χ3n) is 2.14. The normalized spacial score (nSPS) is 10.9. The van der Waals surface area contributed by atoms with Gasteiger partial charge in [-0.05, 0) is 25.1 Å². The van der Waals surface area contributed by atoms with Crippen molar-refractivity contribution in [1.29, 1.82) is 0 Å². The largest absolute Gasteiger partial charge is 0.478 e. The van der Waals surface area contributed by atoms with Gasteiger partial charge in [0.25, 0.3) is 0 Å². The van der Waals surface area contributed by atoms with Crippen molar-refractivity contribution in [3.8, 4) is 0 Å². The molecule has 0 radical (unpaired) electrons. The van der Waals surface area contributed by atoms with Crippen LogP contribution in [0.5, 0.6) is 0 Å². The Kier molecular flexibility index (Phi) is 3.38. The molecule has 1 aromatic carbocycles. The van der Waals surface area contributed by atoms with Gasteiger partial charge >= 0.3 is 5.97 Å². The SMILES string of the molecule is Cc1nc2ccc(NC(=O)/C=C/C(=O)O)cc2s1. The molecule has 0 saturated carbocycles. The number of thiazole rings is 1. The van der Waals surface area contributed by atoms with Crippen LogP contribution in [0.2, 0.25) is 0 Å². The molecule has 18 heavy (non-hydrogen) atoms. The lowest BCUT2D eigenvalue weighted by Crippen LogP contribution is -2.08. The summed E-state index contributed by atoms with van der Waals surface area (Å²) in [7, 11) is 0. The number of nitrogens with one attached hydrogen (secondary N) is 1. The van der Waals surface area contributed by atoms with Crippen molar-refractivity contribution in [1.82, 2.24) is 4.98 Å². The molecular formula is C12H10N2O3S. The molecule has 1 aromatic heterocycles. The van der Waals surface area contributed by atoms with Gasteiger partial charge in [0.1, 0.15) is 0 Å². The molecule has 0 atom stereocenters. The van der Waals surface area contributed by atoms with Crippen molar-refractivity contribution >= 4 is 39.1 Å². The number of hydrogen-bond donors (Lipinski definition) is 2. The highest BCUT2D eigenvalue weighted by atomic mass is 32.1. The van der Waals surface area contributed by atoms with E-state index in [-0.39, 0.29) is 0 Å². The molecule has 0 spiro atoms. The minimum Gasteiger partial charge on any atom is -0.478 e. The van der Waals surface area contributed by atoms with E-state index in [2.05, 4.69) is 10.3 Å². The van der Waals surface area contributed by atoms with Crippen LogP contribution in [0.3, 0.4) is 0 Å². The third-order valence-corrected chi connectivity index (χ3v) is 3.07. The number of carboxylic acid groups (broad SMARTS) is 1. The van der Waals surface area contributed by atoms with Crippen LogP contribution >= 0.6 is 11.3 Å². The van der Waals surface area contributed by atoms with Gasteiger partial charge in [-0.3, -0.25) is 4.79 Å². The van der Waals surface area contributed by atoms with E-state index in [4.69, 9.17) is 5.11 Å². The van der Waals surface area contributed by atoms with E-state index in [1.807, 2.05) is 19.1 Å². The second kappa shape index (κ2) is 4.97. The molecule has 0 aliphatic carbocycles.